The fourth-order valence-corrected chi connectivity index (χ4v) is 2.54. The number of anilines is 1. The molecule has 0 spiro atoms. The summed E-state index contributed by atoms with van der Waals surface area (Å²) in [6.07, 6.45) is 1.59. The van der Waals surface area contributed by atoms with Crippen LogP contribution in [-0.4, -0.2) is 10.8 Å². The fraction of sp³-hybridized carbons (Fsp3) is 0.105. The first kappa shape index (κ1) is 15.9. The van der Waals surface area contributed by atoms with Crippen LogP contribution in [0.25, 0.3) is 5.69 Å². The Bertz CT molecular complexity index is 861. The van der Waals surface area contributed by atoms with Gasteiger partial charge in [0.15, 0.2) is 5.82 Å². The van der Waals surface area contributed by atoms with Crippen molar-refractivity contribution in [3.8, 4) is 5.69 Å². The molecule has 0 amide bonds. The maximum absolute atomic E-state index is 13.5. The summed E-state index contributed by atoms with van der Waals surface area (Å²) in [7, 11) is 0. The average Bonchev–Trinajstić information content (AvgIpc) is 2.89. The first-order chi connectivity index (χ1) is 11.5. The molecule has 0 aliphatic carbocycles. The van der Waals surface area contributed by atoms with Gasteiger partial charge in [0.1, 0.15) is 5.82 Å². The van der Waals surface area contributed by atoms with Gasteiger partial charge in [0.2, 0.25) is 0 Å². The van der Waals surface area contributed by atoms with Crippen LogP contribution in [0.5, 0.6) is 0 Å². The fourth-order valence-electron chi connectivity index (χ4n) is 2.54. The molecule has 0 unspecified atom stereocenters. The molecule has 2 aromatic carbocycles. The van der Waals surface area contributed by atoms with Crippen molar-refractivity contribution in [3.05, 3.63) is 83.2 Å². The molecular weight excluding hydrogens is 308 g/mol. The predicted octanol–water partition coefficient (Wildman–Crippen LogP) is 4.82. The summed E-state index contributed by atoms with van der Waals surface area (Å²) in [6.45, 7) is 4.12. The molecule has 1 aromatic heterocycles. The van der Waals surface area contributed by atoms with E-state index in [-0.39, 0.29) is 5.69 Å². The number of hydrogen-bond acceptors (Lipinski definition) is 2. The molecule has 5 heteroatoms. The highest BCUT2D eigenvalue weighted by Crippen LogP contribution is 2.17. The van der Waals surface area contributed by atoms with E-state index in [1.807, 2.05) is 24.3 Å². The minimum atomic E-state index is -0.680. The third kappa shape index (κ3) is 3.35. The van der Waals surface area contributed by atoms with Crippen LogP contribution >= 0.6 is 0 Å². The number of aryl methyl sites for hydroxylation is 2. The number of rotatable bonds is 4. The highest BCUT2D eigenvalue weighted by Gasteiger charge is 2.04. The van der Waals surface area contributed by atoms with Gasteiger partial charge >= 0.3 is 0 Å². The van der Waals surface area contributed by atoms with Crippen molar-refractivity contribution in [2.24, 2.45) is 5.10 Å². The Balaban J connectivity index is 1.72. The van der Waals surface area contributed by atoms with Crippen molar-refractivity contribution < 1.29 is 8.78 Å². The molecular formula is C19H17F2N3. The van der Waals surface area contributed by atoms with E-state index in [9.17, 15) is 8.78 Å². The number of nitrogens with one attached hydrogen (secondary N) is 1. The molecule has 24 heavy (non-hydrogen) atoms. The molecule has 3 rings (SSSR count). The summed E-state index contributed by atoms with van der Waals surface area (Å²) in [6, 6.07) is 15.3. The van der Waals surface area contributed by atoms with Gasteiger partial charge in [-0.05, 0) is 55.8 Å². The molecule has 0 radical (unpaired) electrons. The Kier molecular flexibility index (Phi) is 4.42. The van der Waals surface area contributed by atoms with E-state index < -0.39 is 11.6 Å². The van der Waals surface area contributed by atoms with Crippen LogP contribution in [0.3, 0.4) is 0 Å². The second kappa shape index (κ2) is 6.66. The second-order valence-corrected chi connectivity index (χ2v) is 5.54. The molecule has 0 aliphatic heterocycles. The third-order valence-corrected chi connectivity index (χ3v) is 3.75. The molecule has 0 atom stereocenters. The summed E-state index contributed by atoms with van der Waals surface area (Å²) < 4.78 is 28.5. The molecule has 122 valence electrons. The van der Waals surface area contributed by atoms with Crippen molar-refractivity contribution in [1.29, 1.82) is 0 Å². The van der Waals surface area contributed by atoms with E-state index in [1.165, 1.54) is 23.5 Å². The van der Waals surface area contributed by atoms with Crippen molar-refractivity contribution in [3.63, 3.8) is 0 Å². The number of aromatic nitrogens is 1. The Hall–Kier alpha value is -2.95. The normalized spacial score (nSPS) is 11.2. The van der Waals surface area contributed by atoms with Gasteiger partial charge < -0.3 is 4.57 Å². The van der Waals surface area contributed by atoms with E-state index in [0.717, 1.165) is 17.3 Å². The van der Waals surface area contributed by atoms with Crippen LogP contribution in [-0.2, 0) is 0 Å². The zero-order chi connectivity index (χ0) is 17.1. The number of hydrogen-bond donors (Lipinski definition) is 1. The van der Waals surface area contributed by atoms with Gasteiger partial charge in [-0.15, -0.1) is 0 Å². The third-order valence-electron chi connectivity index (χ3n) is 3.75. The molecule has 3 aromatic rings. The van der Waals surface area contributed by atoms with Crippen LogP contribution < -0.4 is 5.43 Å². The second-order valence-electron chi connectivity index (χ2n) is 5.54. The standard InChI is InChI=1S/C19H17F2N3/c1-13-3-4-14(2)24(13)17-8-5-15(6-9-17)12-22-23-19-10-7-16(20)11-18(19)21/h3-12,23H,1-2H3/b22-12+. The first-order valence-electron chi connectivity index (χ1n) is 7.54. The van der Waals surface area contributed by atoms with E-state index in [0.29, 0.717) is 0 Å². The smallest absolute Gasteiger partial charge is 0.151 e. The number of benzene rings is 2. The molecule has 0 saturated heterocycles. The van der Waals surface area contributed by atoms with Crippen molar-refractivity contribution in [2.45, 2.75) is 13.8 Å². The predicted molar refractivity (Wildman–Crippen MR) is 92.8 cm³/mol. The molecule has 0 fully saturated rings. The van der Waals surface area contributed by atoms with Gasteiger partial charge in [0.05, 0.1) is 11.9 Å². The molecule has 0 saturated carbocycles. The quantitative estimate of drug-likeness (QED) is 0.541. The van der Waals surface area contributed by atoms with Crippen LogP contribution in [0.15, 0.2) is 59.7 Å². The number of nitrogens with zero attached hydrogens (tertiary/aromatic N) is 2. The van der Waals surface area contributed by atoms with Crippen molar-refractivity contribution >= 4 is 11.9 Å². The zero-order valence-electron chi connectivity index (χ0n) is 13.4. The van der Waals surface area contributed by atoms with Gasteiger partial charge in [-0.2, -0.15) is 5.10 Å². The van der Waals surface area contributed by atoms with Gasteiger partial charge in [0, 0.05) is 23.1 Å². The Morgan fingerprint density at radius 3 is 2.21 bits per heavy atom. The largest absolute Gasteiger partial charge is 0.319 e. The highest BCUT2D eigenvalue weighted by atomic mass is 19.1. The van der Waals surface area contributed by atoms with Crippen LogP contribution in [0.2, 0.25) is 0 Å². The van der Waals surface area contributed by atoms with E-state index >= 15 is 0 Å². The monoisotopic (exact) mass is 325 g/mol. The summed E-state index contributed by atoms with van der Waals surface area (Å²) in [5.74, 6) is -1.30. The Labute approximate surface area is 139 Å². The molecule has 0 aliphatic rings. The number of hydrazone groups is 1. The van der Waals surface area contributed by atoms with Gasteiger partial charge in [-0.25, -0.2) is 8.78 Å². The van der Waals surface area contributed by atoms with E-state index in [1.54, 1.807) is 6.21 Å². The van der Waals surface area contributed by atoms with E-state index in [2.05, 4.69) is 41.1 Å². The first-order valence-corrected chi connectivity index (χ1v) is 7.54. The summed E-state index contributed by atoms with van der Waals surface area (Å²) >= 11 is 0. The Morgan fingerprint density at radius 1 is 0.917 bits per heavy atom. The van der Waals surface area contributed by atoms with Crippen LogP contribution in [0.4, 0.5) is 14.5 Å². The summed E-state index contributed by atoms with van der Waals surface area (Å²) in [4.78, 5) is 0. The minimum absolute atomic E-state index is 0.128. The molecule has 1 heterocycles. The topological polar surface area (TPSA) is 29.3 Å². The lowest BCUT2D eigenvalue weighted by Crippen LogP contribution is -1.99. The Morgan fingerprint density at radius 2 is 1.58 bits per heavy atom. The molecule has 1 N–H and O–H groups in total. The highest BCUT2D eigenvalue weighted by molar-refractivity contribution is 5.80. The minimum Gasteiger partial charge on any atom is -0.319 e. The van der Waals surface area contributed by atoms with Gasteiger partial charge in [-0.1, -0.05) is 12.1 Å². The SMILES string of the molecule is Cc1ccc(C)n1-c1ccc(/C=N/Nc2ccc(F)cc2F)cc1. The maximum Gasteiger partial charge on any atom is 0.151 e. The molecule has 3 nitrogen and oxygen atoms in total. The zero-order valence-corrected chi connectivity index (χ0v) is 13.4. The maximum atomic E-state index is 13.5. The van der Waals surface area contributed by atoms with Gasteiger partial charge in [-0.3, -0.25) is 5.43 Å². The number of halogens is 2. The molecule has 0 bridgehead atoms. The summed E-state index contributed by atoms with van der Waals surface area (Å²) in [5, 5.41) is 3.99. The van der Waals surface area contributed by atoms with Crippen molar-refractivity contribution in [2.75, 3.05) is 5.43 Å². The summed E-state index contributed by atoms with van der Waals surface area (Å²) in [5.41, 5.74) is 6.98. The lowest BCUT2D eigenvalue weighted by molar-refractivity contribution is 0.585. The van der Waals surface area contributed by atoms with Crippen molar-refractivity contribution in [1.82, 2.24) is 4.57 Å². The average molecular weight is 325 g/mol. The lowest BCUT2D eigenvalue weighted by atomic mass is 10.2. The van der Waals surface area contributed by atoms with E-state index in [4.69, 9.17) is 0 Å². The van der Waals surface area contributed by atoms with Crippen LogP contribution in [0.1, 0.15) is 17.0 Å². The van der Waals surface area contributed by atoms with Crippen LogP contribution in [0, 0.1) is 25.5 Å². The van der Waals surface area contributed by atoms with Gasteiger partial charge in [0.25, 0.3) is 0 Å². The lowest BCUT2D eigenvalue weighted by Gasteiger charge is -2.09.